The molecule has 1 aliphatic rings. The van der Waals surface area contributed by atoms with Gasteiger partial charge in [0.25, 0.3) is 0 Å². The topological polar surface area (TPSA) is 71.4 Å². The van der Waals surface area contributed by atoms with Gasteiger partial charge in [-0.2, -0.15) is 0 Å². The van der Waals surface area contributed by atoms with E-state index in [0.29, 0.717) is 11.5 Å². The Bertz CT molecular complexity index is 1280. The third kappa shape index (κ3) is 4.82. The Hall–Kier alpha value is -3.06. The van der Waals surface area contributed by atoms with E-state index in [1.54, 1.807) is 12.3 Å². The van der Waals surface area contributed by atoms with Crippen LogP contribution < -0.4 is 5.32 Å². The van der Waals surface area contributed by atoms with E-state index in [1.165, 1.54) is 17.7 Å². The lowest BCUT2D eigenvalue weighted by atomic mass is 9.79. The fraction of sp³-hybridized carbons (Fsp3) is 0.250. The maximum atomic E-state index is 14.0. The Morgan fingerprint density at radius 3 is 2.61 bits per heavy atom. The zero-order valence-electron chi connectivity index (χ0n) is 17.7. The zero-order valence-corrected chi connectivity index (χ0v) is 18.5. The molecule has 2 heterocycles. The number of hydrogen-bond acceptors (Lipinski definition) is 5. The normalized spacial score (nSPS) is 14.8. The average molecular weight is 438 g/mol. The van der Waals surface area contributed by atoms with Gasteiger partial charge in [-0.3, -0.25) is 4.99 Å². The van der Waals surface area contributed by atoms with Gasteiger partial charge in [-0.05, 0) is 58.7 Å². The van der Waals surface area contributed by atoms with Crippen molar-refractivity contribution in [2.75, 3.05) is 18.1 Å². The van der Waals surface area contributed by atoms with Crippen LogP contribution in [0.5, 0.6) is 0 Å². The lowest BCUT2D eigenvalue weighted by Gasteiger charge is -2.29. The molecule has 160 valence electrons. The van der Waals surface area contributed by atoms with Crippen LogP contribution in [0.25, 0.3) is 11.1 Å². The van der Waals surface area contributed by atoms with Crippen molar-refractivity contribution in [3.05, 3.63) is 77.2 Å². The van der Waals surface area contributed by atoms with E-state index in [-0.39, 0.29) is 16.7 Å². The zero-order chi connectivity index (χ0) is 22.2. The van der Waals surface area contributed by atoms with Crippen molar-refractivity contribution in [1.29, 1.82) is 0 Å². The second kappa shape index (κ2) is 7.89. The van der Waals surface area contributed by atoms with Crippen LogP contribution in [0.2, 0.25) is 0 Å². The van der Waals surface area contributed by atoms with Gasteiger partial charge < -0.3 is 5.32 Å². The summed E-state index contributed by atoms with van der Waals surface area (Å²) >= 11 is 0. The van der Waals surface area contributed by atoms with E-state index in [1.807, 2.05) is 18.3 Å². The fourth-order valence-electron chi connectivity index (χ4n) is 3.76. The predicted octanol–water partition coefficient (Wildman–Crippen LogP) is 4.89. The molecule has 0 spiro atoms. The van der Waals surface area contributed by atoms with Crippen LogP contribution in [0.1, 0.15) is 30.5 Å². The largest absolute Gasteiger partial charge is 0.340 e. The molecule has 5 nitrogen and oxygen atoms in total. The molecule has 0 radical (unpaired) electrons. The molecule has 0 bridgehead atoms. The van der Waals surface area contributed by atoms with Crippen molar-refractivity contribution in [3.63, 3.8) is 0 Å². The number of aromatic nitrogens is 1. The molecule has 0 unspecified atom stereocenters. The van der Waals surface area contributed by atoms with E-state index in [9.17, 15) is 12.8 Å². The molecule has 1 N–H and O–H groups in total. The number of sulfone groups is 1. The fourth-order valence-corrected chi connectivity index (χ4v) is 4.55. The van der Waals surface area contributed by atoms with E-state index in [0.717, 1.165) is 29.5 Å². The highest BCUT2D eigenvalue weighted by Crippen LogP contribution is 2.33. The monoisotopic (exact) mass is 437 g/mol. The highest BCUT2D eigenvalue weighted by molar-refractivity contribution is 7.89. The molecule has 7 heteroatoms. The van der Waals surface area contributed by atoms with Crippen molar-refractivity contribution in [2.45, 2.75) is 25.0 Å². The van der Waals surface area contributed by atoms with Crippen LogP contribution in [0.3, 0.4) is 0 Å². The average Bonchev–Trinajstić information content (AvgIpc) is 2.69. The van der Waals surface area contributed by atoms with Gasteiger partial charge >= 0.3 is 0 Å². The summed E-state index contributed by atoms with van der Waals surface area (Å²) < 4.78 is 37.1. The molecule has 2 aromatic carbocycles. The third-order valence-corrected chi connectivity index (χ3v) is 6.16. The van der Waals surface area contributed by atoms with Gasteiger partial charge in [0.2, 0.25) is 0 Å². The molecule has 0 atom stereocenters. The summed E-state index contributed by atoms with van der Waals surface area (Å²) in [4.78, 5) is 8.82. The summed E-state index contributed by atoms with van der Waals surface area (Å²) in [5.74, 6) is -0.304. The number of rotatable bonds is 5. The second-order valence-corrected chi connectivity index (χ2v) is 10.7. The Morgan fingerprint density at radius 1 is 1.06 bits per heavy atom. The van der Waals surface area contributed by atoms with Crippen molar-refractivity contribution >= 4 is 27.6 Å². The standard InChI is InChI=1S/C24H24FN3O2S/c1-24(2)15-26-13-18-5-4-16(11-21(18)24)17-8-9-27-23(12-17)28-20-6-7-22(25)19(10-20)14-31(3,29)30/h4-13H,14-15H2,1-3H3,(H,27,28). The summed E-state index contributed by atoms with van der Waals surface area (Å²) in [7, 11) is -3.34. The lowest BCUT2D eigenvalue weighted by Crippen LogP contribution is -2.26. The Labute approximate surface area is 182 Å². The highest BCUT2D eigenvalue weighted by atomic mass is 32.2. The maximum Gasteiger partial charge on any atom is 0.151 e. The Morgan fingerprint density at radius 2 is 1.84 bits per heavy atom. The van der Waals surface area contributed by atoms with Crippen LogP contribution in [0.15, 0.2) is 59.7 Å². The van der Waals surface area contributed by atoms with Gasteiger partial charge in [0.1, 0.15) is 11.6 Å². The molecule has 1 aliphatic heterocycles. The molecule has 31 heavy (non-hydrogen) atoms. The SMILES string of the molecule is CC1(C)CN=Cc2ccc(-c3ccnc(Nc4ccc(F)c(CS(C)(=O)=O)c4)c3)cc21. The maximum absolute atomic E-state index is 14.0. The first kappa shape index (κ1) is 21.2. The molecular weight excluding hydrogens is 413 g/mol. The summed E-state index contributed by atoms with van der Waals surface area (Å²) in [6, 6.07) is 14.5. The number of hydrogen-bond donors (Lipinski definition) is 1. The minimum absolute atomic E-state index is 0.0294. The number of nitrogens with one attached hydrogen (secondary N) is 1. The summed E-state index contributed by atoms with van der Waals surface area (Å²) in [5.41, 5.74) is 5.14. The van der Waals surface area contributed by atoms with Crippen LogP contribution in [-0.4, -0.2) is 32.4 Å². The van der Waals surface area contributed by atoms with E-state index in [4.69, 9.17) is 0 Å². The van der Waals surface area contributed by atoms with Gasteiger partial charge in [0.05, 0.1) is 5.75 Å². The first-order chi connectivity index (χ1) is 14.6. The number of pyridine rings is 1. The molecular formula is C24H24FN3O2S. The highest BCUT2D eigenvalue weighted by Gasteiger charge is 2.26. The number of halogens is 1. The number of anilines is 2. The Balaban J connectivity index is 1.63. The van der Waals surface area contributed by atoms with Crippen molar-refractivity contribution < 1.29 is 12.8 Å². The molecule has 0 fully saturated rings. The summed E-state index contributed by atoms with van der Waals surface area (Å²) in [6.07, 6.45) is 4.72. The van der Waals surface area contributed by atoms with E-state index < -0.39 is 15.7 Å². The molecule has 0 aliphatic carbocycles. The van der Waals surface area contributed by atoms with Gasteiger partial charge in [-0.25, -0.2) is 17.8 Å². The second-order valence-electron chi connectivity index (χ2n) is 8.59. The van der Waals surface area contributed by atoms with E-state index in [2.05, 4.69) is 47.3 Å². The predicted molar refractivity (Wildman–Crippen MR) is 123 cm³/mol. The third-order valence-electron chi connectivity index (χ3n) is 5.33. The number of aliphatic imine (C=N–C) groups is 1. The first-order valence-corrected chi connectivity index (χ1v) is 12.0. The van der Waals surface area contributed by atoms with Crippen molar-refractivity contribution in [2.24, 2.45) is 4.99 Å². The van der Waals surface area contributed by atoms with Gasteiger partial charge in [-0.1, -0.05) is 26.0 Å². The van der Waals surface area contributed by atoms with Crippen LogP contribution in [0.4, 0.5) is 15.9 Å². The van der Waals surface area contributed by atoms with E-state index >= 15 is 0 Å². The summed E-state index contributed by atoms with van der Waals surface area (Å²) in [5, 5.41) is 3.15. The number of nitrogens with zero attached hydrogens (tertiary/aromatic N) is 2. The lowest BCUT2D eigenvalue weighted by molar-refractivity contribution is 0.534. The molecule has 1 aromatic heterocycles. The molecule has 4 rings (SSSR count). The molecule has 0 saturated carbocycles. The smallest absolute Gasteiger partial charge is 0.151 e. The van der Waals surface area contributed by atoms with Crippen molar-refractivity contribution in [3.8, 4) is 11.1 Å². The minimum Gasteiger partial charge on any atom is -0.340 e. The Kier molecular flexibility index (Phi) is 5.39. The van der Waals surface area contributed by atoms with Crippen molar-refractivity contribution in [1.82, 2.24) is 4.98 Å². The van der Waals surface area contributed by atoms with Crippen LogP contribution in [-0.2, 0) is 21.0 Å². The van der Waals surface area contributed by atoms with Gasteiger partial charge in [0, 0.05) is 41.9 Å². The molecule has 3 aromatic rings. The summed E-state index contributed by atoms with van der Waals surface area (Å²) in [6.45, 7) is 5.13. The first-order valence-electron chi connectivity index (χ1n) is 9.95. The molecule has 0 saturated heterocycles. The van der Waals surface area contributed by atoms with Gasteiger partial charge in [0.15, 0.2) is 9.84 Å². The quantitative estimate of drug-likeness (QED) is 0.617. The number of benzene rings is 2. The van der Waals surface area contributed by atoms with Gasteiger partial charge in [-0.15, -0.1) is 0 Å². The van der Waals surface area contributed by atoms with Crippen LogP contribution in [0, 0.1) is 5.82 Å². The minimum atomic E-state index is -3.34. The number of fused-ring (bicyclic) bond motifs is 1. The molecule has 0 amide bonds. The van der Waals surface area contributed by atoms with Crippen LogP contribution >= 0.6 is 0 Å².